The van der Waals surface area contributed by atoms with Crippen molar-refractivity contribution in [1.82, 2.24) is 0 Å². The first-order valence-electron chi connectivity index (χ1n) is 3.64. The lowest BCUT2D eigenvalue weighted by Gasteiger charge is -1.94. The molecule has 2 aromatic rings. The lowest BCUT2D eigenvalue weighted by molar-refractivity contribution is 1.61. The summed E-state index contributed by atoms with van der Waals surface area (Å²) in [5.74, 6) is 0. The van der Waals surface area contributed by atoms with Crippen LogP contribution in [0, 0.1) is 3.57 Å². The second kappa shape index (κ2) is 4.08. The van der Waals surface area contributed by atoms with Crippen molar-refractivity contribution in [3.8, 4) is 0 Å². The van der Waals surface area contributed by atoms with Gasteiger partial charge in [-0.25, -0.2) is 0 Å². The lowest BCUT2D eigenvalue weighted by atomic mass is 10.3. The van der Waals surface area contributed by atoms with Crippen molar-refractivity contribution in [2.24, 2.45) is 0 Å². The highest BCUT2D eigenvalue weighted by Crippen LogP contribution is 2.42. The second-order valence-corrected chi connectivity index (χ2v) is 6.84. The normalized spacial score (nSPS) is 11.0. The van der Waals surface area contributed by atoms with Crippen LogP contribution in [0.25, 0.3) is 10.1 Å². The standard InChI is InChI=1S/C9H6BrIS2/c1-12-8-5-3-2-4-6(11)7(5)13-9(8)10/h2-4H,1H3. The molecule has 0 bridgehead atoms. The molecule has 0 nitrogen and oxygen atoms in total. The summed E-state index contributed by atoms with van der Waals surface area (Å²) in [6, 6.07) is 6.45. The van der Waals surface area contributed by atoms with Crippen molar-refractivity contribution in [2.75, 3.05) is 6.26 Å². The number of thiophene rings is 1. The van der Waals surface area contributed by atoms with Crippen molar-refractivity contribution >= 4 is 71.7 Å². The zero-order chi connectivity index (χ0) is 9.42. The van der Waals surface area contributed by atoms with Crippen molar-refractivity contribution in [3.05, 3.63) is 25.6 Å². The van der Waals surface area contributed by atoms with Gasteiger partial charge in [0.25, 0.3) is 0 Å². The molecule has 0 aliphatic carbocycles. The summed E-state index contributed by atoms with van der Waals surface area (Å²) in [6.07, 6.45) is 2.12. The minimum absolute atomic E-state index is 1.25. The van der Waals surface area contributed by atoms with Gasteiger partial charge in [0.05, 0.1) is 3.79 Å². The quantitative estimate of drug-likeness (QED) is 0.493. The van der Waals surface area contributed by atoms with Crippen molar-refractivity contribution < 1.29 is 0 Å². The molecule has 1 heterocycles. The Kier molecular flexibility index (Phi) is 3.22. The Morgan fingerprint density at radius 2 is 2.23 bits per heavy atom. The molecule has 2 rings (SSSR count). The molecule has 68 valence electrons. The van der Waals surface area contributed by atoms with E-state index >= 15 is 0 Å². The highest BCUT2D eigenvalue weighted by molar-refractivity contribution is 14.1. The fourth-order valence-electron chi connectivity index (χ4n) is 1.22. The van der Waals surface area contributed by atoms with E-state index in [2.05, 4.69) is 63.0 Å². The maximum absolute atomic E-state index is 3.60. The smallest absolute Gasteiger partial charge is 0.0847 e. The zero-order valence-corrected chi connectivity index (χ0v) is 12.2. The van der Waals surface area contributed by atoms with Crippen molar-refractivity contribution in [3.63, 3.8) is 0 Å². The monoisotopic (exact) mass is 384 g/mol. The fraction of sp³-hybridized carbons (Fsp3) is 0.111. The van der Waals surface area contributed by atoms with Crippen LogP contribution in [0.2, 0.25) is 0 Å². The second-order valence-electron chi connectivity index (χ2n) is 2.53. The van der Waals surface area contributed by atoms with E-state index in [-0.39, 0.29) is 0 Å². The van der Waals surface area contributed by atoms with E-state index in [1.54, 1.807) is 11.8 Å². The first kappa shape index (κ1) is 10.3. The van der Waals surface area contributed by atoms with Gasteiger partial charge in [-0.1, -0.05) is 12.1 Å². The third-order valence-corrected chi connectivity index (χ3v) is 6.18. The Morgan fingerprint density at radius 3 is 2.92 bits per heavy atom. The van der Waals surface area contributed by atoms with Gasteiger partial charge >= 0.3 is 0 Å². The first-order valence-corrected chi connectivity index (χ1v) is 7.56. The van der Waals surface area contributed by atoms with Gasteiger partial charge in [0.15, 0.2) is 0 Å². The highest BCUT2D eigenvalue weighted by atomic mass is 127. The molecule has 0 aliphatic heterocycles. The molecular weight excluding hydrogens is 379 g/mol. The lowest BCUT2D eigenvalue weighted by Crippen LogP contribution is -1.70. The molecule has 0 N–H and O–H groups in total. The molecule has 13 heavy (non-hydrogen) atoms. The molecule has 0 saturated carbocycles. The molecule has 0 unspecified atom stereocenters. The Bertz CT molecular complexity index is 450. The summed E-state index contributed by atoms with van der Waals surface area (Å²) in [6.45, 7) is 0. The Morgan fingerprint density at radius 1 is 1.46 bits per heavy atom. The predicted octanol–water partition coefficient (Wildman–Crippen LogP) is 4.99. The molecule has 1 aromatic carbocycles. The van der Waals surface area contributed by atoms with Crippen LogP contribution in [0.4, 0.5) is 0 Å². The average Bonchev–Trinajstić information content (AvgIpc) is 2.43. The van der Waals surface area contributed by atoms with Gasteiger partial charge in [0.2, 0.25) is 0 Å². The highest BCUT2D eigenvalue weighted by Gasteiger charge is 2.10. The van der Waals surface area contributed by atoms with Crippen molar-refractivity contribution in [1.29, 1.82) is 0 Å². The number of fused-ring (bicyclic) bond motifs is 1. The molecule has 0 atom stereocenters. The maximum atomic E-state index is 3.60. The summed E-state index contributed by atoms with van der Waals surface area (Å²) in [5.41, 5.74) is 0. The summed E-state index contributed by atoms with van der Waals surface area (Å²) >= 11 is 9.60. The van der Waals surface area contributed by atoms with Gasteiger partial charge in [0, 0.05) is 18.6 Å². The van der Waals surface area contributed by atoms with E-state index in [1.807, 2.05) is 11.3 Å². The largest absolute Gasteiger partial charge is 0.127 e. The molecule has 4 heteroatoms. The number of hydrogen-bond donors (Lipinski definition) is 0. The van der Waals surface area contributed by atoms with Crippen LogP contribution < -0.4 is 0 Å². The summed E-state index contributed by atoms with van der Waals surface area (Å²) in [7, 11) is 0. The van der Waals surface area contributed by atoms with Gasteiger partial charge in [-0.2, -0.15) is 0 Å². The first-order chi connectivity index (χ1) is 6.24. The van der Waals surface area contributed by atoms with Gasteiger partial charge in [-0.05, 0) is 50.8 Å². The molecule has 0 amide bonds. The van der Waals surface area contributed by atoms with Crippen LogP contribution in [-0.4, -0.2) is 6.26 Å². The summed E-state index contributed by atoms with van der Waals surface area (Å²) < 4.78 is 3.97. The summed E-state index contributed by atoms with van der Waals surface area (Å²) in [4.78, 5) is 1.36. The van der Waals surface area contributed by atoms with E-state index in [0.717, 1.165) is 0 Å². The van der Waals surface area contributed by atoms with Crippen LogP contribution >= 0.6 is 61.6 Å². The van der Waals surface area contributed by atoms with E-state index < -0.39 is 0 Å². The molecule has 0 fully saturated rings. The Hall–Kier alpha value is 0.740. The van der Waals surface area contributed by atoms with Crippen LogP contribution in [0.5, 0.6) is 0 Å². The number of thioether (sulfide) groups is 1. The van der Waals surface area contributed by atoms with E-state index in [1.165, 1.54) is 22.3 Å². The number of rotatable bonds is 1. The van der Waals surface area contributed by atoms with E-state index in [9.17, 15) is 0 Å². The number of hydrogen-bond acceptors (Lipinski definition) is 2. The molecule has 0 radical (unpaired) electrons. The fourth-order valence-corrected chi connectivity index (χ4v) is 5.05. The maximum Gasteiger partial charge on any atom is 0.0847 e. The molecule has 0 aliphatic rings. The van der Waals surface area contributed by atoms with Crippen LogP contribution in [-0.2, 0) is 0 Å². The number of halogens is 2. The minimum atomic E-state index is 1.25. The van der Waals surface area contributed by atoms with Gasteiger partial charge in [-0.3, -0.25) is 0 Å². The molecule has 1 aromatic heterocycles. The average molecular weight is 385 g/mol. The van der Waals surface area contributed by atoms with Crippen LogP contribution in [0.15, 0.2) is 26.9 Å². The van der Waals surface area contributed by atoms with Gasteiger partial charge in [-0.15, -0.1) is 23.1 Å². The topological polar surface area (TPSA) is 0 Å². The van der Waals surface area contributed by atoms with Gasteiger partial charge < -0.3 is 0 Å². The van der Waals surface area contributed by atoms with E-state index in [4.69, 9.17) is 0 Å². The third-order valence-electron chi connectivity index (χ3n) is 1.79. The minimum Gasteiger partial charge on any atom is -0.127 e. The third kappa shape index (κ3) is 1.78. The van der Waals surface area contributed by atoms with Crippen molar-refractivity contribution in [2.45, 2.75) is 4.90 Å². The SMILES string of the molecule is CSc1c(Br)sc2c(I)cccc12. The van der Waals surface area contributed by atoms with E-state index in [0.29, 0.717) is 0 Å². The van der Waals surface area contributed by atoms with Gasteiger partial charge in [0.1, 0.15) is 0 Å². The zero-order valence-electron chi connectivity index (χ0n) is 6.80. The predicted molar refractivity (Wildman–Crippen MR) is 74.0 cm³/mol. The van der Waals surface area contributed by atoms with Crippen LogP contribution in [0.3, 0.4) is 0 Å². The number of benzene rings is 1. The molecular formula is C9H6BrIS2. The molecule has 0 saturated heterocycles. The van der Waals surface area contributed by atoms with Crippen LogP contribution in [0.1, 0.15) is 0 Å². The molecule has 0 spiro atoms. The summed E-state index contributed by atoms with van der Waals surface area (Å²) in [5, 5.41) is 1.37. The Labute approximate surface area is 107 Å². The Balaban J connectivity index is 2.86.